The van der Waals surface area contributed by atoms with E-state index in [2.05, 4.69) is 4.98 Å². The number of sulfone groups is 1. The van der Waals surface area contributed by atoms with Crippen molar-refractivity contribution in [1.29, 1.82) is 0 Å². The molecule has 1 aliphatic rings. The maximum atomic E-state index is 12.2. The SMILES string of the molecule is Cc1cc(Cl)ncc1CS(=O)(=O)CC1CCCCC1. The molecule has 1 fully saturated rings. The molecule has 2 rings (SSSR count). The summed E-state index contributed by atoms with van der Waals surface area (Å²) in [7, 11) is -3.05. The van der Waals surface area contributed by atoms with Crippen molar-refractivity contribution in [3.05, 3.63) is 28.5 Å². The van der Waals surface area contributed by atoms with E-state index in [0.717, 1.165) is 24.0 Å². The number of pyridine rings is 1. The van der Waals surface area contributed by atoms with Crippen LogP contribution in [0.2, 0.25) is 5.15 Å². The van der Waals surface area contributed by atoms with Gasteiger partial charge in [0.05, 0.1) is 11.5 Å². The molecule has 1 heterocycles. The molecular weight excluding hydrogens is 282 g/mol. The third-order valence-corrected chi connectivity index (χ3v) is 5.71. The Hall–Kier alpha value is -0.610. The first-order valence-electron chi connectivity index (χ1n) is 6.78. The molecule has 106 valence electrons. The van der Waals surface area contributed by atoms with E-state index in [1.54, 1.807) is 12.3 Å². The van der Waals surface area contributed by atoms with E-state index < -0.39 is 9.84 Å². The third-order valence-electron chi connectivity index (χ3n) is 3.78. The molecular formula is C14H20ClNO2S. The summed E-state index contributed by atoms with van der Waals surface area (Å²) in [6, 6.07) is 1.72. The van der Waals surface area contributed by atoms with Gasteiger partial charge in [-0.05, 0) is 42.9 Å². The van der Waals surface area contributed by atoms with Crippen molar-refractivity contribution in [2.45, 2.75) is 44.8 Å². The van der Waals surface area contributed by atoms with Crippen molar-refractivity contribution in [2.24, 2.45) is 5.92 Å². The van der Waals surface area contributed by atoms with E-state index in [9.17, 15) is 8.42 Å². The molecule has 0 unspecified atom stereocenters. The number of hydrogen-bond donors (Lipinski definition) is 0. The second-order valence-corrected chi connectivity index (χ2v) is 7.99. The average molecular weight is 302 g/mol. The van der Waals surface area contributed by atoms with Gasteiger partial charge in [0.25, 0.3) is 0 Å². The van der Waals surface area contributed by atoms with Crippen LogP contribution in [0.4, 0.5) is 0 Å². The Balaban J connectivity index is 2.03. The zero-order chi connectivity index (χ0) is 13.9. The van der Waals surface area contributed by atoms with E-state index in [4.69, 9.17) is 11.6 Å². The normalized spacial score (nSPS) is 17.6. The smallest absolute Gasteiger partial charge is 0.154 e. The van der Waals surface area contributed by atoms with Crippen molar-refractivity contribution in [3.8, 4) is 0 Å². The zero-order valence-corrected chi connectivity index (χ0v) is 12.8. The van der Waals surface area contributed by atoms with Gasteiger partial charge < -0.3 is 0 Å². The molecule has 0 aliphatic heterocycles. The number of aryl methyl sites for hydroxylation is 1. The molecule has 0 spiro atoms. The maximum absolute atomic E-state index is 12.2. The summed E-state index contributed by atoms with van der Waals surface area (Å²) in [5, 5.41) is 0.408. The van der Waals surface area contributed by atoms with Crippen LogP contribution in [0.3, 0.4) is 0 Å². The fraction of sp³-hybridized carbons (Fsp3) is 0.643. The van der Waals surface area contributed by atoms with Gasteiger partial charge in [0.2, 0.25) is 0 Å². The molecule has 0 radical (unpaired) electrons. The number of nitrogens with zero attached hydrogens (tertiary/aromatic N) is 1. The predicted octanol–water partition coefficient (Wildman–Crippen LogP) is 3.54. The van der Waals surface area contributed by atoms with Gasteiger partial charge in [0, 0.05) is 6.20 Å². The van der Waals surface area contributed by atoms with Gasteiger partial charge in [0.1, 0.15) is 5.15 Å². The molecule has 19 heavy (non-hydrogen) atoms. The first-order chi connectivity index (χ1) is 8.96. The van der Waals surface area contributed by atoms with Gasteiger partial charge in [-0.3, -0.25) is 0 Å². The molecule has 0 aromatic carbocycles. The Bertz CT molecular complexity index is 536. The number of halogens is 1. The standard InChI is InChI=1S/C14H20ClNO2S/c1-11-7-14(15)16-8-13(11)10-19(17,18)9-12-5-3-2-4-6-12/h7-8,12H,2-6,9-10H2,1H3. The highest BCUT2D eigenvalue weighted by Gasteiger charge is 2.22. The van der Waals surface area contributed by atoms with Gasteiger partial charge in [-0.1, -0.05) is 30.9 Å². The van der Waals surface area contributed by atoms with Crippen LogP contribution in [0.5, 0.6) is 0 Å². The summed E-state index contributed by atoms with van der Waals surface area (Å²) in [6.45, 7) is 1.87. The molecule has 1 aromatic heterocycles. The summed E-state index contributed by atoms with van der Waals surface area (Å²) in [5.74, 6) is 0.744. The fourth-order valence-electron chi connectivity index (χ4n) is 2.71. The van der Waals surface area contributed by atoms with Gasteiger partial charge in [-0.25, -0.2) is 13.4 Å². The molecule has 0 amide bonds. The van der Waals surface area contributed by atoms with Crippen LogP contribution in [0, 0.1) is 12.8 Å². The molecule has 0 bridgehead atoms. The molecule has 0 N–H and O–H groups in total. The first kappa shape index (κ1) is 14.8. The summed E-state index contributed by atoms with van der Waals surface area (Å²) >= 11 is 5.78. The van der Waals surface area contributed by atoms with Crippen LogP contribution >= 0.6 is 11.6 Å². The average Bonchev–Trinajstić information content (AvgIpc) is 2.33. The second-order valence-electron chi connectivity index (χ2n) is 5.49. The maximum Gasteiger partial charge on any atom is 0.154 e. The number of aromatic nitrogens is 1. The van der Waals surface area contributed by atoms with Crippen LogP contribution in [-0.4, -0.2) is 19.2 Å². The summed E-state index contributed by atoms with van der Waals surface area (Å²) in [6.07, 6.45) is 7.27. The van der Waals surface area contributed by atoms with Gasteiger partial charge in [0.15, 0.2) is 9.84 Å². The highest BCUT2D eigenvalue weighted by atomic mass is 35.5. The first-order valence-corrected chi connectivity index (χ1v) is 8.98. The largest absolute Gasteiger partial charge is 0.244 e. The van der Waals surface area contributed by atoms with E-state index in [0.29, 0.717) is 16.8 Å². The van der Waals surface area contributed by atoms with Crippen LogP contribution in [-0.2, 0) is 15.6 Å². The Morgan fingerprint density at radius 1 is 1.32 bits per heavy atom. The highest BCUT2D eigenvalue weighted by Crippen LogP contribution is 2.26. The van der Waals surface area contributed by atoms with E-state index in [1.807, 2.05) is 6.92 Å². The fourth-order valence-corrected chi connectivity index (χ4v) is 4.87. The topological polar surface area (TPSA) is 47.0 Å². The lowest BCUT2D eigenvalue weighted by atomic mass is 9.91. The van der Waals surface area contributed by atoms with Crippen molar-refractivity contribution in [1.82, 2.24) is 4.98 Å². The van der Waals surface area contributed by atoms with Crippen LogP contribution in [0.25, 0.3) is 0 Å². The van der Waals surface area contributed by atoms with Crippen molar-refractivity contribution in [2.75, 3.05) is 5.75 Å². The van der Waals surface area contributed by atoms with Crippen molar-refractivity contribution < 1.29 is 8.42 Å². The predicted molar refractivity (Wildman–Crippen MR) is 78.0 cm³/mol. The molecule has 1 aliphatic carbocycles. The van der Waals surface area contributed by atoms with E-state index in [-0.39, 0.29) is 5.75 Å². The van der Waals surface area contributed by atoms with Crippen LogP contribution < -0.4 is 0 Å². The molecule has 0 atom stereocenters. The lowest BCUT2D eigenvalue weighted by Gasteiger charge is -2.21. The molecule has 3 nitrogen and oxygen atoms in total. The van der Waals surface area contributed by atoms with Crippen LogP contribution in [0.15, 0.2) is 12.3 Å². The Kier molecular flexibility index (Phi) is 4.85. The lowest BCUT2D eigenvalue weighted by molar-refractivity contribution is 0.385. The molecule has 1 saturated carbocycles. The summed E-state index contributed by atoms with van der Waals surface area (Å²) in [5.41, 5.74) is 1.66. The van der Waals surface area contributed by atoms with E-state index >= 15 is 0 Å². The Labute approximate surface area is 120 Å². The van der Waals surface area contributed by atoms with Gasteiger partial charge in [-0.15, -0.1) is 0 Å². The Morgan fingerprint density at radius 2 is 2.00 bits per heavy atom. The highest BCUT2D eigenvalue weighted by molar-refractivity contribution is 7.90. The monoisotopic (exact) mass is 301 g/mol. The zero-order valence-electron chi connectivity index (χ0n) is 11.2. The second kappa shape index (κ2) is 6.23. The summed E-state index contributed by atoms with van der Waals surface area (Å²) < 4.78 is 24.5. The number of rotatable bonds is 4. The lowest BCUT2D eigenvalue weighted by Crippen LogP contribution is -2.20. The summed E-state index contributed by atoms with van der Waals surface area (Å²) in [4.78, 5) is 3.97. The Morgan fingerprint density at radius 3 is 2.63 bits per heavy atom. The minimum Gasteiger partial charge on any atom is -0.244 e. The molecule has 0 saturated heterocycles. The van der Waals surface area contributed by atoms with Gasteiger partial charge in [-0.2, -0.15) is 0 Å². The number of hydrogen-bond acceptors (Lipinski definition) is 3. The third kappa shape index (κ3) is 4.46. The van der Waals surface area contributed by atoms with Crippen molar-refractivity contribution >= 4 is 21.4 Å². The van der Waals surface area contributed by atoms with Crippen LogP contribution in [0.1, 0.15) is 43.2 Å². The van der Waals surface area contributed by atoms with E-state index in [1.165, 1.54) is 19.3 Å². The van der Waals surface area contributed by atoms with Gasteiger partial charge >= 0.3 is 0 Å². The molecule has 5 heteroatoms. The quantitative estimate of drug-likeness (QED) is 0.799. The minimum atomic E-state index is -3.05. The minimum absolute atomic E-state index is 0.0828. The van der Waals surface area contributed by atoms with Crippen molar-refractivity contribution in [3.63, 3.8) is 0 Å². The molecule has 1 aromatic rings.